The van der Waals surface area contributed by atoms with E-state index >= 15 is 0 Å². The van der Waals surface area contributed by atoms with E-state index in [1.54, 1.807) is 0 Å². The molecule has 1 aromatic heterocycles. The van der Waals surface area contributed by atoms with E-state index in [-0.39, 0.29) is 0 Å². The summed E-state index contributed by atoms with van der Waals surface area (Å²) in [5.74, 6) is 0.956. The first-order valence-corrected chi connectivity index (χ1v) is 8.53. The minimum absolute atomic E-state index is 0.559. The normalized spacial score (nSPS) is 23.1. The Morgan fingerprint density at radius 1 is 1.25 bits per heavy atom. The maximum absolute atomic E-state index is 5.45. The Hall–Kier alpha value is -0.720. The molecule has 0 radical (unpaired) electrons. The van der Waals surface area contributed by atoms with Crippen molar-refractivity contribution < 1.29 is 4.74 Å². The predicted molar refractivity (Wildman–Crippen MR) is 81.3 cm³/mol. The van der Waals surface area contributed by atoms with Gasteiger partial charge < -0.3 is 15.0 Å². The van der Waals surface area contributed by atoms with Gasteiger partial charge in [-0.2, -0.15) is 4.37 Å². The Balaban J connectivity index is 1.45. The molecule has 0 atom stereocenters. The van der Waals surface area contributed by atoms with Crippen molar-refractivity contribution >= 4 is 16.7 Å². The summed E-state index contributed by atoms with van der Waals surface area (Å²) < 4.78 is 9.78. The molecule has 1 N–H and O–H groups in total. The second kappa shape index (κ2) is 6.83. The molecule has 0 aromatic carbocycles. The molecule has 20 heavy (non-hydrogen) atoms. The average molecular weight is 296 g/mol. The monoisotopic (exact) mass is 296 g/mol. The highest BCUT2D eigenvalue weighted by Gasteiger charge is 2.26. The first-order valence-electron chi connectivity index (χ1n) is 7.76. The summed E-state index contributed by atoms with van der Waals surface area (Å²) in [6.45, 7) is 6.36. The molecule has 2 saturated heterocycles. The third kappa shape index (κ3) is 3.48. The summed E-state index contributed by atoms with van der Waals surface area (Å²) in [5, 5.41) is 4.54. The van der Waals surface area contributed by atoms with Gasteiger partial charge >= 0.3 is 0 Å². The zero-order valence-electron chi connectivity index (χ0n) is 12.2. The molecule has 0 amide bonds. The fourth-order valence-corrected chi connectivity index (χ4v) is 3.82. The van der Waals surface area contributed by atoms with Crippen LogP contribution in [-0.2, 0) is 11.2 Å². The van der Waals surface area contributed by atoms with Crippen molar-refractivity contribution in [2.45, 2.75) is 51.1 Å². The van der Waals surface area contributed by atoms with E-state index in [0.29, 0.717) is 6.04 Å². The van der Waals surface area contributed by atoms with Crippen LogP contribution >= 0.6 is 11.5 Å². The molecule has 2 fully saturated rings. The van der Waals surface area contributed by atoms with Crippen molar-refractivity contribution in [2.75, 3.05) is 31.6 Å². The number of piperidine rings is 1. The maximum Gasteiger partial charge on any atom is 0.202 e. The van der Waals surface area contributed by atoms with Crippen molar-refractivity contribution in [2.24, 2.45) is 0 Å². The lowest BCUT2D eigenvalue weighted by molar-refractivity contribution is 0.0262. The highest BCUT2D eigenvalue weighted by molar-refractivity contribution is 7.09. The number of likely N-dealkylation sites (tertiary alicyclic amines) is 1. The first kappa shape index (κ1) is 14.2. The molecule has 2 aliphatic rings. The van der Waals surface area contributed by atoms with Crippen molar-refractivity contribution in [1.82, 2.24) is 14.3 Å². The van der Waals surface area contributed by atoms with Crippen molar-refractivity contribution in [3.8, 4) is 0 Å². The lowest BCUT2D eigenvalue weighted by atomic mass is 10.00. The Bertz CT molecular complexity index is 411. The SMILES string of the molecule is CCc1nsc(NC2CCN(C3CCOCC3)CC2)n1. The summed E-state index contributed by atoms with van der Waals surface area (Å²) >= 11 is 1.49. The predicted octanol–water partition coefficient (Wildman–Crippen LogP) is 2.16. The van der Waals surface area contributed by atoms with E-state index in [1.165, 1.54) is 50.3 Å². The first-order chi connectivity index (χ1) is 9.85. The maximum atomic E-state index is 5.45. The molecule has 5 nitrogen and oxygen atoms in total. The van der Waals surface area contributed by atoms with Gasteiger partial charge in [0.25, 0.3) is 0 Å². The molecule has 0 saturated carbocycles. The summed E-state index contributed by atoms with van der Waals surface area (Å²) in [7, 11) is 0. The van der Waals surface area contributed by atoms with Gasteiger partial charge in [0, 0.05) is 56.3 Å². The van der Waals surface area contributed by atoms with Gasteiger partial charge in [0.1, 0.15) is 5.82 Å². The molecular weight excluding hydrogens is 272 g/mol. The lowest BCUT2D eigenvalue weighted by Crippen LogP contribution is -2.46. The summed E-state index contributed by atoms with van der Waals surface area (Å²) in [5.41, 5.74) is 0. The zero-order chi connectivity index (χ0) is 13.8. The van der Waals surface area contributed by atoms with E-state index in [2.05, 4.69) is 26.5 Å². The highest BCUT2D eigenvalue weighted by Crippen LogP contribution is 2.22. The van der Waals surface area contributed by atoms with Crippen LogP contribution in [-0.4, -0.2) is 52.6 Å². The average Bonchev–Trinajstić information content (AvgIpc) is 2.97. The fraction of sp³-hybridized carbons (Fsp3) is 0.857. The summed E-state index contributed by atoms with van der Waals surface area (Å²) in [4.78, 5) is 7.15. The molecular formula is C14H24N4OS. The van der Waals surface area contributed by atoms with Gasteiger partial charge in [-0.1, -0.05) is 6.92 Å². The number of aryl methyl sites for hydroxylation is 1. The van der Waals surface area contributed by atoms with Crippen molar-refractivity contribution in [3.63, 3.8) is 0 Å². The van der Waals surface area contributed by atoms with Crippen LogP contribution in [0.5, 0.6) is 0 Å². The number of hydrogen-bond donors (Lipinski definition) is 1. The fourth-order valence-electron chi connectivity index (χ4n) is 3.09. The van der Waals surface area contributed by atoms with Crippen LogP contribution in [0.1, 0.15) is 38.4 Å². The van der Waals surface area contributed by atoms with Crippen LogP contribution in [0, 0.1) is 0 Å². The molecule has 0 aliphatic carbocycles. The van der Waals surface area contributed by atoms with Gasteiger partial charge in [0.15, 0.2) is 0 Å². The Kier molecular flexibility index (Phi) is 4.86. The lowest BCUT2D eigenvalue weighted by Gasteiger charge is -2.39. The largest absolute Gasteiger partial charge is 0.381 e. The van der Waals surface area contributed by atoms with Crippen LogP contribution in [0.15, 0.2) is 0 Å². The smallest absolute Gasteiger partial charge is 0.202 e. The third-order valence-electron chi connectivity index (χ3n) is 4.35. The van der Waals surface area contributed by atoms with Gasteiger partial charge in [-0.05, 0) is 25.7 Å². The Morgan fingerprint density at radius 3 is 2.65 bits per heavy atom. The number of hydrogen-bond acceptors (Lipinski definition) is 6. The molecule has 0 unspecified atom stereocenters. The van der Waals surface area contributed by atoms with Gasteiger partial charge in [0.2, 0.25) is 5.13 Å². The number of rotatable bonds is 4. The van der Waals surface area contributed by atoms with E-state index in [9.17, 15) is 0 Å². The topological polar surface area (TPSA) is 50.3 Å². The Morgan fingerprint density at radius 2 is 2.00 bits per heavy atom. The number of ether oxygens (including phenoxy) is 1. The van der Waals surface area contributed by atoms with E-state index in [1.807, 2.05) is 0 Å². The van der Waals surface area contributed by atoms with Gasteiger partial charge in [-0.3, -0.25) is 0 Å². The highest BCUT2D eigenvalue weighted by atomic mass is 32.1. The quantitative estimate of drug-likeness (QED) is 0.922. The molecule has 0 bridgehead atoms. The molecule has 112 valence electrons. The van der Waals surface area contributed by atoms with Crippen LogP contribution in [0.3, 0.4) is 0 Å². The number of anilines is 1. The van der Waals surface area contributed by atoms with Crippen molar-refractivity contribution in [3.05, 3.63) is 5.82 Å². The molecule has 0 spiro atoms. The van der Waals surface area contributed by atoms with Crippen LogP contribution in [0.25, 0.3) is 0 Å². The van der Waals surface area contributed by atoms with Gasteiger partial charge in [0.05, 0.1) is 0 Å². The second-order valence-corrected chi connectivity index (χ2v) is 6.42. The molecule has 3 rings (SSSR count). The van der Waals surface area contributed by atoms with E-state index < -0.39 is 0 Å². The summed E-state index contributed by atoms with van der Waals surface area (Å²) in [6, 6.07) is 1.31. The van der Waals surface area contributed by atoms with Gasteiger partial charge in [-0.15, -0.1) is 0 Å². The number of aromatic nitrogens is 2. The summed E-state index contributed by atoms with van der Waals surface area (Å²) in [6.07, 6.45) is 5.74. The van der Waals surface area contributed by atoms with Crippen molar-refractivity contribution in [1.29, 1.82) is 0 Å². The Labute approximate surface area is 124 Å². The molecule has 1 aromatic rings. The minimum Gasteiger partial charge on any atom is -0.381 e. The zero-order valence-corrected chi connectivity index (χ0v) is 13.0. The van der Waals surface area contributed by atoms with Gasteiger partial charge in [-0.25, -0.2) is 4.98 Å². The molecule has 6 heteroatoms. The molecule has 3 heterocycles. The molecule has 2 aliphatic heterocycles. The third-order valence-corrected chi connectivity index (χ3v) is 5.03. The standard InChI is InChI=1S/C14H24N4OS/c1-2-13-16-14(20-17-13)15-11-3-7-18(8-4-11)12-5-9-19-10-6-12/h11-12H,2-10H2,1H3,(H,15,16,17). The van der Waals surface area contributed by atoms with E-state index in [4.69, 9.17) is 4.74 Å². The number of nitrogens with one attached hydrogen (secondary N) is 1. The minimum atomic E-state index is 0.559. The van der Waals surface area contributed by atoms with Crippen LogP contribution in [0.2, 0.25) is 0 Å². The number of nitrogens with zero attached hydrogens (tertiary/aromatic N) is 3. The van der Waals surface area contributed by atoms with Crippen LogP contribution < -0.4 is 5.32 Å². The van der Waals surface area contributed by atoms with Crippen LogP contribution in [0.4, 0.5) is 5.13 Å². The second-order valence-electron chi connectivity index (χ2n) is 5.67. The van der Waals surface area contributed by atoms with E-state index in [0.717, 1.165) is 36.6 Å².